The first-order valence-electron chi connectivity index (χ1n) is 9.01. The van der Waals surface area contributed by atoms with E-state index in [1.807, 2.05) is 93.4 Å². The minimum Gasteiger partial charge on any atom is -0.412 e. The van der Waals surface area contributed by atoms with Gasteiger partial charge in [0.2, 0.25) is 0 Å². The number of rotatable bonds is 5. The zero-order chi connectivity index (χ0) is 21.9. The van der Waals surface area contributed by atoms with Crippen molar-refractivity contribution in [1.82, 2.24) is 0 Å². The minimum absolute atomic E-state index is 0. The molecule has 1 atom stereocenters. The Balaban J connectivity index is -0.000000426. The maximum absolute atomic E-state index is 11.5. The summed E-state index contributed by atoms with van der Waals surface area (Å²) in [6.45, 7) is 7.09. The van der Waals surface area contributed by atoms with Crippen LogP contribution in [0.4, 0.5) is 11.4 Å². The van der Waals surface area contributed by atoms with Crippen molar-refractivity contribution in [2.45, 2.75) is 13.8 Å². The molecule has 0 aliphatic heterocycles. The van der Waals surface area contributed by atoms with Gasteiger partial charge in [-0.3, -0.25) is 9.59 Å². The molecule has 0 aromatic heterocycles. The van der Waals surface area contributed by atoms with E-state index in [9.17, 15) is 9.59 Å². The number of anilines is 2. The number of carbonyl (C=O) groups is 2. The fourth-order valence-corrected chi connectivity index (χ4v) is 2.20. The van der Waals surface area contributed by atoms with Crippen molar-refractivity contribution in [1.29, 1.82) is 0 Å². The Kier molecular flexibility index (Phi) is 18.9. The SMILES string of the molecule is CC(=O)c1ccc(N(C)C)cc1.CO.O.[CH2-]C(C)C(=O)c1ccc(N(C)C)cc1.[Y]. The predicted octanol–water partition coefficient (Wildman–Crippen LogP) is 3.14. The summed E-state index contributed by atoms with van der Waals surface area (Å²) < 4.78 is 0. The van der Waals surface area contributed by atoms with E-state index in [1.54, 1.807) is 6.92 Å². The smallest absolute Gasteiger partial charge is 0.159 e. The van der Waals surface area contributed by atoms with E-state index in [2.05, 4.69) is 6.92 Å². The molecule has 0 fully saturated rings. The van der Waals surface area contributed by atoms with Crippen LogP contribution in [0.3, 0.4) is 0 Å². The Morgan fingerprint density at radius 2 is 1.10 bits per heavy atom. The van der Waals surface area contributed by atoms with Crippen molar-refractivity contribution in [3.8, 4) is 0 Å². The van der Waals surface area contributed by atoms with Crippen molar-refractivity contribution in [2.24, 2.45) is 5.92 Å². The fraction of sp³-hybridized carbons (Fsp3) is 0.348. The molecule has 7 heteroatoms. The van der Waals surface area contributed by atoms with Gasteiger partial charge in [0.05, 0.1) is 0 Å². The van der Waals surface area contributed by atoms with Crippen molar-refractivity contribution in [3.05, 3.63) is 66.6 Å². The van der Waals surface area contributed by atoms with E-state index >= 15 is 0 Å². The van der Waals surface area contributed by atoms with Crippen LogP contribution in [0.25, 0.3) is 0 Å². The second kappa shape index (κ2) is 17.1. The van der Waals surface area contributed by atoms with Crippen LogP contribution in [0.15, 0.2) is 48.5 Å². The van der Waals surface area contributed by atoms with Crippen molar-refractivity contribution < 1.29 is 52.9 Å². The molecule has 3 N–H and O–H groups in total. The number of aliphatic hydroxyl groups is 1. The van der Waals surface area contributed by atoms with Crippen LogP contribution in [-0.4, -0.2) is 57.4 Å². The van der Waals surface area contributed by atoms with Gasteiger partial charge in [0.25, 0.3) is 0 Å². The van der Waals surface area contributed by atoms with Crippen molar-refractivity contribution in [3.63, 3.8) is 0 Å². The van der Waals surface area contributed by atoms with Crippen molar-refractivity contribution >= 4 is 22.9 Å². The van der Waals surface area contributed by atoms with Gasteiger partial charge in [0.1, 0.15) is 5.78 Å². The molecule has 2 rings (SSSR count). The molecule has 30 heavy (non-hydrogen) atoms. The number of carbonyl (C=O) groups excluding carboxylic acids is 2. The molecule has 0 aliphatic rings. The van der Waals surface area contributed by atoms with Crippen LogP contribution >= 0.6 is 0 Å². The summed E-state index contributed by atoms with van der Waals surface area (Å²) in [5.41, 5.74) is 3.71. The summed E-state index contributed by atoms with van der Waals surface area (Å²) in [6.07, 6.45) is 0. The van der Waals surface area contributed by atoms with Gasteiger partial charge in [0, 0.05) is 90.5 Å². The van der Waals surface area contributed by atoms with Crippen LogP contribution in [0.2, 0.25) is 0 Å². The average Bonchev–Trinajstić information content (AvgIpc) is 2.69. The number of benzene rings is 2. The molecule has 0 aliphatic carbocycles. The molecular formula is C23H35N2O4Y-. The number of aliphatic hydroxyl groups excluding tert-OH is 1. The van der Waals surface area contributed by atoms with E-state index in [-0.39, 0.29) is 55.7 Å². The predicted molar refractivity (Wildman–Crippen MR) is 122 cm³/mol. The van der Waals surface area contributed by atoms with Crippen molar-refractivity contribution in [2.75, 3.05) is 45.1 Å². The molecule has 0 saturated heterocycles. The largest absolute Gasteiger partial charge is 0.412 e. The van der Waals surface area contributed by atoms with E-state index < -0.39 is 0 Å². The molecule has 0 amide bonds. The molecule has 0 spiro atoms. The normalized spacial score (nSPS) is 9.77. The minimum atomic E-state index is -0.180. The van der Waals surface area contributed by atoms with Gasteiger partial charge in [-0.25, -0.2) is 0 Å². The summed E-state index contributed by atoms with van der Waals surface area (Å²) in [4.78, 5) is 26.5. The number of hydrogen-bond acceptors (Lipinski definition) is 5. The molecule has 2 aromatic rings. The summed E-state index contributed by atoms with van der Waals surface area (Å²) >= 11 is 0. The molecule has 165 valence electrons. The molecule has 1 radical (unpaired) electrons. The molecule has 6 nitrogen and oxygen atoms in total. The molecule has 0 saturated carbocycles. The first-order chi connectivity index (χ1) is 13.1. The summed E-state index contributed by atoms with van der Waals surface area (Å²) in [6, 6.07) is 15.1. The Morgan fingerprint density at radius 3 is 1.33 bits per heavy atom. The summed E-state index contributed by atoms with van der Waals surface area (Å²) in [5, 5.41) is 7.00. The Labute approximate surface area is 206 Å². The zero-order valence-corrected chi connectivity index (χ0v) is 22.0. The van der Waals surface area contributed by atoms with Crippen LogP contribution in [-0.2, 0) is 32.7 Å². The van der Waals surface area contributed by atoms with Gasteiger partial charge >= 0.3 is 0 Å². The Bertz CT molecular complexity index is 728. The molecule has 0 heterocycles. The van der Waals surface area contributed by atoms with Gasteiger partial charge < -0.3 is 27.3 Å². The van der Waals surface area contributed by atoms with Crippen LogP contribution in [0.1, 0.15) is 34.6 Å². The third-order valence-electron chi connectivity index (χ3n) is 3.91. The number of hydrogen-bond donors (Lipinski definition) is 1. The first-order valence-corrected chi connectivity index (χ1v) is 9.01. The third kappa shape index (κ3) is 11.6. The summed E-state index contributed by atoms with van der Waals surface area (Å²) in [5.74, 6) is 0.0239. The maximum Gasteiger partial charge on any atom is 0.159 e. The van der Waals surface area contributed by atoms with Gasteiger partial charge in [-0.05, 0) is 55.5 Å². The fourth-order valence-electron chi connectivity index (χ4n) is 2.20. The van der Waals surface area contributed by atoms with Gasteiger partial charge in [-0.1, -0.05) is 6.92 Å². The standard InChI is InChI=1S/C12H16NO.C10H13NO.CH4O.H2O.Y/c1-9(2)12(14)10-5-7-11(8-6-10)13(3)4;1-8(12)9-4-6-10(7-5-9)11(2)3;1-2;;/h5-9H,1H2,2-4H3;4-7H,1-3H3;2H,1H3;1H2;/q-1;;;;. The second-order valence-electron chi connectivity index (χ2n) is 6.70. The summed E-state index contributed by atoms with van der Waals surface area (Å²) in [7, 11) is 8.90. The van der Waals surface area contributed by atoms with Gasteiger partial charge in [-0.15, -0.1) is 5.92 Å². The first kappa shape index (κ1) is 33.1. The quantitative estimate of drug-likeness (QED) is 0.512. The monoisotopic (exact) mass is 492 g/mol. The van der Waals surface area contributed by atoms with Gasteiger partial charge in [-0.2, -0.15) is 0 Å². The molecular weight excluding hydrogens is 457 g/mol. The number of Topliss-reactive ketones (excluding diaryl/α,β-unsaturated/α-hetero) is 2. The number of nitrogens with zero attached hydrogens (tertiary/aromatic N) is 2. The zero-order valence-electron chi connectivity index (χ0n) is 19.1. The number of ketones is 2. The Hall–Kier alpha value is -1.60. The van der Waals surface area contributed by atoms with Gasteiger partial charge in [0.15, 0.2) is 5.78 Å². The topological polar surface area (TPSA) is 92.4 Å². The van der Waals surface area contributed by atoms with E-state index in [0.29, 0.717) is 0 Å². The van der Waals surface area contributed by atoms with Crippen LogP contribution in [0, 0.1) is 12.8 Å². The van der Waals surface area contributed by atoms with Crippen LogP contribution < -0.4 is 9.80 Å². The molecule has 0 bridgehead atoms. The third-order valence-corrected chi connectivity index (χ3v) is 3.91. The van der Waals surface area contributed by atoms with E-state index in [1.165, 1.54) is 0 Å². The van der Waals surface area contributed by atoms with E-state index in [4.69, 9.17) is 5.11 Å². The molecule has 2 aromatic carbocycles. The Morgan fingerprint density at radius 1 is 0.800 bits per heavy atom. The average molecular weight is 492 g/mol. The van der Waals surface area contributed by atoms with E-state index in [0.717, 1.165) is 29.6 Å². The maximum atomic E-state index is 11.5. The molecule has 1 unspecified atom stereocenters. The second-order valence-corrected chi connectivity index (χ2v) is 6.70. The van der Waals surface area contributed by atoms with Crippen LogP contribution in [0.5, 0.6) is 0 Å².